The van der Waals surface area contributed by atoms with Crippen LogP contribution in [0.15, 0.2) is 47.1 Å². The second kappa shape index (κ2) is 4.04. The highest BCUT2D eigenvalue weighted by atomic mass is 16.3. The Labute approximate surface area is 89.1 Å². The van der Waals surface area contributed by atoms with Gasteiger partial charge in [-0.05, 0) is 19.1 Å². The molecule has 0 spiro atoms. The van der Waals surface area contributed by atoms with E-state index in [1.54, 1.807) is 12.3 Å². The first-order valence-electron chi connectivity index (χ1n) is 5.02. The number of rotatable bonds is 3. The maximum Gasteiger partial charge on any atom is 0.117 e. The largest absolute Gasteiger partial charge is 0.468 e. The Bertz CT molecular complexity index is 367. The van der Waals surface area contributed by atoms with Crippen LogP contribution in [0.25, 0.3) is 0 Å². The molecule has 1 aromatic heterocycles. The van der Waals surface area contributed by atoms with Gasteiger partial charge < -0.3 is 9.52 Å². The van der Waals surface area contributed by atoms with Gasteiger partial charge in [0.25, 0.3) is 0 Å². The van der Waals surface area contributed by atoms with Gasteiger partial charge in [-0.3, -0.25) is 5.32 Å². The van der Waals surface area contributed by atoms with Crippen LogP contribution >= 0.6 is 0 Å². The van der Waals surface area contributed by atoms with E-state index in [0.717, 1.165) is 5.76 Å². The van der Waals surface area contributed by atoms with Crippen molar-refractivity contribution in [2.75, 3.05) is 0 Å². The third kappa shape index (κ3) is 2.19. The molecule has 1 aliphatic carbocycles. The van der Waals surface area contributed by atoms with E-state index in [9.17, 15) is 5.11 Å². The molecular weight excluding hydrogens is 190 g/mol. The van der Waals surface area contributed by atoms with Crippen LogP contribution in [0.5, 0.6) is 0 Å². The summed E-state index contributed by atoms with van der Waals surface area (Å²) in [5, 5.41) is 13.1. The number of nitrogens with one attached hydrogen (secondary N) is 1. The van der Waals surface area contributed by atoms with Gasteiger partial charge >= 0.3 is 0 Å². The fourth-order valence-corrected chi connectivity index (χ4v) is 1.58. The fourth-order valence-electron chi connectivity index (χ4n) is 1.58. The summed E-state index contributed by atoms with van der Waals surface area (Å²) in [6.07, 6.45) is 8.66. The summed E-state index contributed by atoms with van der Waals surface area (Å²) in [6, 6.07) is 3.76. The van der Waals surface area contributed by atoms with E-state index in [-0.39, 0.29) is 0 Å². The van der Waals surface area contributed by atoms with Gasteiger partial charge in [0.05, 0.1) is 24.5 Å². The Morgan fingerprint density at radius 2 is 2.40 bits per heavy atom. The van der Waals surface area contributed by atoms with E-state index >= 15 is 0 Å². The molecule has 1 aliphatic rings. The van der Waals surface area contributed by atoms with Crippen LogP contribution in [0.4, 0.5) is 0 Å². The molecule has 1 aromatic rings. The molecule has 0 fully saturated rings. The van der Waals surface area contributed by atoms with Gasteiger partial charge in [0, 0.05) is 0 Å². The Balaban J connectivity index is 1.99. The van der Waals surface area contributed by atoms with E-state index in [1.165, 1.54) is 0 Å². The number of aliphatic hydroxyl groups excluding tert-OH is 1. The molecule has 15 heavy (non-hydrogen) atoms. The second-order valence-electron chi connectivity index (χ2n) is 3.90. The molecule has 80 valence electrons. The Morgan fingerprint density at radius 3 is 3.07 bits per heavy atom. The highest BCUT2D eigenvalue weighted by Gasteiger charge is 2.29. The molecule has 2 rings (SSSR count). The summed E-state index contributed by atoms with van der Waals surface area (Å²) < 4.78 is 5.22. The molecule has 2 unspecified atom stereocenters. The van der Waals surface area contributed by atoms with Gasteiger partial charge in [-0.25, -0.2) is 0 Å². The molecule has 0 saturated carbocycles. The SMILES string of the molecule is CC1(NCc2ccco2)C=CC=CC1O. The zero-order chi connectivity index (χ0) is 10.7. The molecule has 3 nitrogen and oxygen atoms in total. The first kappa shape index (κ1) is 10.2. The van der Waals surface area contributed by atoms with Gasteiger partial charge in [0.2, 0.25) is 0 Å². The lowest BCUT2D eigenvalue weighted by Gasteiger charge is -2.32. The molecule has 0 saturated heterocycles. The van der Waals surface area contributed by atoms with Crippen molar-refractivity contribution in [1.82, 2.24) is 5.32 Å². The Morgan fingerprint density at radius 1 is 1.53 bits per heavy atom. The third-order valence-electron chi connectivity index (χ3n) is 2.68. The van der Waals surface area contributed by atoms with Crippen molar-refractivity contribution in [3.05, 3.63) is 48.5 Å². The monoisotopic (exact) mass is 205 g/mol. The van der Waals surface area contributed by atoms with Crippen LogP contribution in [0, 0.1) is 0 Å². The number of hydrogen-bond acceptors (Lipinski definition) is 3. The molecule has 0 aliphatic heterocycles. The number of aliphatic hydroxyl groups is 1. The smallest absolute Gasteiger partial charge is 0.117 e. The average Bonchev–Trinajstić information content (AvgIpc) is 2.73. The maximum absolute atomic E-state index is 9.83. The number of furan rings is 1. The second-order valence-corrected chi connectivity index (χ2v) is 3.90. The predicted molar refractivity (Wildman–Crippen MR) is 58.2 cm³/mol. The summed E-state index contributed by atoms with van der Waals surface area (Å²) in [4.78, 5) is 0. The summed E-state index contributed by atoms with van der Waals surface area (Å²) in [7, 11) is 0. The maximum atomic E-state index is 9.83. The minimum Gasteiger partial charge on any atom is -0.468 e. The standard InChI is InChI=1S/C12H15NO2/c1-12(7-3-2-6-11(12)14)13-9-10-5-4-8-15-10/h2-8,11,13-14H,9H2,1H3. The number of hydrogen-bond donors (Lipinski definition) is 2. The first-order chi connectivity index (χ1) is 7.21. The summed E-state index contributed by atoms with van der Waals surface area (Å²) in [5.41, 5.74) is -0.415. The molecule has 3 heteroatoms. The number of allylic oxidation sites excluding steroid dienone is 2. The lowest BCUT2D eigenvalue weighted by atomic mass is 9.90. The predicted octanol–water partition coefficient (Wildman–Crippen LogP) is 1.61. The molecule has 0 amide bonds. The third-order valence-corrected chi connectivity index (χ3v) is 2.68. The van der Waals surface area contributed by atoms with Gasteiger partial charge in [-0.1, -0.05) is 24.3 Å². The van der Waals surface area contributed by atoms with Crippen molar-refractivity contribution >= 4 is 0 Å². The first-order valence-corrected chi connectivity index (χ1v) is 5.02. The zero-order valence-electron chi connectivity index (χ0n) is 8.68. The zero-order valence-corrected chi connectivity index (χ0v) is 8.68. The average molecular weight is 205 g/mol. The Kier molecular flexibility index (Phi) is 2.75. The highest BCUT2D eigenvalue weighted by molar-refractivity contribution is 5.24. The molecule has 2 N–H and O–H groups in total. The van der Waals surface area contributed by atoms with Gasteiger partial charge in [-0.15, -0.1) is 0 Å². The normalized spacial score (nSPS) is 29.6. The van der Waals surface area contributed by atoms with Crippen LogP contribution in [0.2, 0.25) is 0 Å². The topological polar surface area (TPSA) is 45.4 Å². The van der Waals surface area contributed by atoms with Gasteiger partial charge in [0.15, 0.2) is 0 Å². The van der Waals surface area contributed by atoms with Crippen molar-refractivity contribution in [2.45, 2.75) is 25.1 Å². The minimum atomic E-state index is -0.502. The van der Waals surface area contributed by atoms with E-state index in [0.29, 0.717) is 6.54 Å². The molecular formula is C12H15NO2. The van der Waals surface area contributed by atoms with E-state index in [4.69, 9.17) is 4.42 Å². The fraction of sp³-hybridized carbons (Fsp3) is 0.333. The van der Waals surface area contributed by atoms with Crippen LogP contribution < -0.4 is 5.32 Å². The quantitative estimate of drug-likeness (QED) is 0.788. The summed E-state index contributed by atoms with van der Waals surface area (Å²) in [5.74, 6) is 0.867. The van der Waals surface area contributed by atoms with Crippen molar-refractivity contribution in [3.63, 3.8) is 0 Å². The summed E-state index contributed by atoms with van der Waals surface area (Å²) in [6.45, 7) is 2.57. The van der Waals surface area contributed by atoms with Crippen molar-refractivity contribution in [2.24, 2.45) is 0 Å². The van der Waals surface area contributed by atoms with Gasteiger partial charge in [0.1, 0.15) is 5.76 Å². The van der Waals surface area contributed by atoms with E-state index < -0.39 is 11.6 Å². The van der Waals surface area contributed by atoms with Crippen LogP contribution in [-0.2, 0) is 6.54 Å². The van der Waals surface area contributed by atoms with Crippen LogP contribution in [0.3, 0.4) is 0 Å². The van der Waals surface area contributed by atoms with Crippen molar-refractivity contribution < 1.29 is 9.52 Å². The van der Waals surface area contributed by atoms with Crippen LogP contribution in [0.1, 0.15) is 12.7 Å². The highest BCUT2D eigenvalue weighted by Crippen LogP contribution is 2.18. The Hall–Kier alpha value is -1.32. The lowest BCUT2D eigenvalue weighted by Crippen LogP contribution is -2.50. The lowest BCUT2D eigenvalue weighted by molar-refractivity contribution is 0.134. The molecule has 0 radical (unpaired) electrons. The van der Waals surface area contributed by atoms with Crippen LogP contribution in [-0.4, -0.2) is 16.7 Å². The molecule has 0 aromatic carbocycles. The molecule has 1 heterocycles. The van der Waals surface area contributed by atoms with Crippen molar-refractivity contribution in [3.8, 4) is 0 Å². The van der Waals surface area contributed by atoms with Crippen molar-refractivity contribution in [1.29, 1.82) is 0 Å². The van der Waals surface area contributed by atoms with E-state index in [1.807, 2.05) is 37.3 Å². The minimum absolute atomic E-state index is 0.415. The molecule has 0 bridgehead atoms. The van der Waals surface area contributed by atoms with Gasteiger partial charge in [-0.2, -0.15) is 0 Å². The summed E-state index contributed by atoms with van der Waals surface area (Å²) >= 11 is 0. The molecule has 2 atom stereocenters. The van der Waals surface area contributed by atoms with E-state index in [2.05, 4.69) is 5.32 Å².